The lowest BCUT2D eigenvalue weighted by atomic mass is 10.1. The average Bonchev–Trinajstić information content (AvgIpc) is 2.10. The SMILES string of the molecule is Cc1cc(C)c(SC(N)CO)c(C)c1. The largest absolute Gasteiger partial charge is 0.394 e. The summed E-state index contributed by atoms with van der Waals surface area (Å²) in [6, 6.07) is 4.28. The van der Waals surface area contributed by atoms with Crippen LogP contribution in [0.2, 0.25) is 0 Å². The van der Waals surface area contributed by atoms with Crippen LogP contribution >= 0.6 is 11.8 Å². The second-order valence-electron chi connectivity index (χ2n) is 3.57. The summed E-state index contributed by atoms with van der Waals surface area (Å²) < 4.78 is 0. The van der Waals surface area contributed by atoms with Gasteiger partial charge in [0.05, 0.1) is 12.0 Å². The van der Waals surface area contributed by atoms with Gasteiger partial charge in [-0.2, -0.15) is 0 Å². The number of benzene rings is 1. The van der Waals surface area contributed by atoms with E-state index in [4.69, 9.17) is 10.8 Å². The van der Waals surface area contributed by atoms with Crippen LogP contribution in [0.4, 0.5) is 0 Å². The Morgan fingerprint density at radius 2 is 1.79 bits per heavy atom. The third kappa shape index (κ3) is 2.74. The smallest absolute Gasteiger partial charge is 0.0789 e. The van der Waals surface area contributed by atoms with Gasteiger partial charge in [-0.25, -0.2) is 0 Å². The molecule has 0 saturated carbocycles. The zero-order chi connectivity index (χ0) is 10.7. The molecule has 1 unspecified atom stereocenters. The number of aryl methyl sites for hydroxylation is 3. The van der Waals surface area contributed by atoms with E-state index in [1.807, 2.05) is 0 Å². The van der Waals surface area contributed by atoms with E-state index in [2.05, 4.69) is 32.9 Å². The monoisotopic (exact) mass is 211 g/mol. The zero-order valence-corrected chi connectivity index (χ0v) is 9.69. The number of rotatable bonds is 3. The Morgan fingerprint density at radius 1 is 1.29 bits per heavy atom. The second kappa shape index (κ2) is 4.82. The summed E-state index contributed by atoms with van der Waals surface area (Å²) in [6.45, 7) is 6.25. The van der Waals surface area contributed by atoms with E-state index in [0.717, 1.165) is 0 Å². The number of aliphatic hydroxyl groups is 1. The summed E-state index contributed by atoms with van der Waals surface area (Å²) in [7, 11) is 0. The van der Waals surface area contributed by atoms with Gasteiger partial charge in [0.25, 0.3) is 0 Å². The normalized spacial score (nSPS) is 12.9. The fraction of sp³-hybridized carbons (Fsp3) is 0.455. The lowest BCUT2D eigenvalue weighted by molar-refractivity contribution is 0.296. The topological polar surface area (TPSA) is 46.2 Å². The van der Waals surface area contributed by atoms with Crippen molar-refractivity contribution < 1.29 is 5.11 Å². The van der Waals surface area contributed by atoms with Gasteiger partial charge in [0.1, 0.15) is 0 Å². The molecule has 1 rings (SSSR count). The van der Waals surface area contributed by atoms with Crippen molar-refractivity contribution >= 4 is 11.8 Å². The molecule has 0 aliphatic carbocycles. The predicted molar refractivity (Wildman–Crippen MR) is 61.6 cm³/mol. The Morgan fingerprint density at radius 3 is 2.21 bits per heavy atom. The molecule has 3 heteroatoms. The van der Waals surface area contributed by atoms with Crippen molar-refractivity contribution in [2.45, 2.75) is 31.0 Å². The summed E-state index contributed by atoms with van der Waals surface area (Å²) in [5, 5.41) is 8.66. The average molecular weight is 211 g/mol. The van der Waals surface area contributed by atoms with Gasteiger partial charge in [-0.3, -0.25) is 0 Å². The molecule has 0 heterocycles. The summed E-state index contributed by atoms with van der Waals surface area (Å²) in [5.41, 5.74) is 9.42. The standard InChI is InChI=1S/C11H17NOS/c1-7-4-8(2)11(9(3)5-7)14-10(12)6-13/h4-5,10,13H,6,12H2,1-3H3. The molecule has 1 atom stereocenters. The quantitative estimate of drug-likeness (QED) is 0.593. The Balaban J connectivity index is 2.96. The lowest BCUT2D eigenvalue weighted by Gasteiger charge is -2.13. The molecule has 0 saturated heterocycles. The molecule has 1 aromatic rings. The zero-order valence-electron chi connectivity index (χ0n) is 8.87. The minimum absolute atomic E-state index is 0.0113. The molecule has 14 heavy (non-hydrogen) atoms. The highest BCUT2D eigenvalue weighted by atomic mass is 32.2. The number of hydrogen-bond donors (Lipinski definition) is 2. The lowest BCUT2D eigenvalue weighted by Crippen LogP contribution is -2.20. The fourth-order valence-electron chi connectivity index (χ4n) is 1.54. The van der Waals surface area contributed by atoms with Crippen LogP contribution < -0.4 is 5.73 Å². The van der Waals surface area contributed by atoms with Crippen molar-refractivity contribution in [2.75, 3.05) is 6.61 Å². The van der Waals surface area contributed by atoms with Gasteiger partial charge in [0.15, 0.2) is 0 Å². The molecule has 2 nitrogen and oxygen atoms in total. The first-order valence-electron chi connectivity index (χ1n) is 4.65. The van der Waals surface area contributed by atoms with E-state index in [0.29, 0.717) is 0 Å². The highest BCUT2D eigenvalue weighted by molar-refractivity contribution is 8.00. The van der Waals surface area contributed by atoms with Gasteiger partial charge < -0.3 is 10.8 Å². The van der Waals surface area contributed by atoms with Crippen molar-refractivity contribution in [1.29, 1.82) is 0 Å². The Bertz CT molecular complexity index is 302. The second-order valence-corrected chi connectivity index (χ2v) is 4.82. The van der Waals surface area contributed by atoms with Crippen molar-refractivity contribution in [2.24, 2.45) is 5.73 Å². The number of hydrogen-bond acceptors (Lipinski definition) is 3. The Kier molecular flexibility index (Phi) is 3.98. The molecular formula is C11H17NOS. The molecule has 0 bridgehead atoms. The van der Waals surface area contributed by atoms with E-state index in [9.17, 15) is 0 Å². The molecule has 0 fully saturated rings. The van der Waals surface area contributed by atoms with Crippen LogP contribution in [0, 0.1) is 20.8 Å². The van der Waals surface area contributed by atoms with Crippen LogP contribution in [0.5, 0.6) is 0 Å². The minimum Gasteiger partial charge on any atom is -0.394 e. The van der Waals surface area contributed by atoms with E-state index in [1.165, 1.54) is 33.3 Å². The summed E-state index contributed by atoms with van der Waals surface area (Å²) in [6.07, 6.45) is 0. The molecule has 0 aliphatic rings. The third-order valence-electron chi connectivity index (χ3n) is 2.05. The number of nitrogens with two attached hydrogens (primary N) is 1. The Hall–Kier alpha value is -0.510. The van der Waals surface area contributed by atoms with Crippen LogP contribution in [0.3, 0.4) is 0 Å². The molecule has 3 N–H and O–H groups in total. The third-order valence-corrected chi connectivity index (χ3v) is 3.39. The first-order chi connectivity index (χ1) is 6.54. The van der Waals surface area contributed by atoms with Gasteiger partial charge in [-0.05, 0) is 31.9 Å². The van der Waals surface area contributed by atoms with E-state index >= 15 is 0 Å². The van der Waals surface area contributed by atoms with Crippen molar-refractivity contribution in [3.05, 3.63) is 28.8 Å². The highest BCUT2D eigenvalue weighted by Gasteiger charge is 2.08. The van der Waals surface area contributed by atoms with E-state index in [-0.39, 0.29) is 12.0 Å². The van der Waals surface area contributed by atoms with Crippen molar-refractivity contribution in [3.8, 4) is 0 Å². The number of thioether (sulfide) groups is 1. The van der Waals surface area contributed by atoms with Crippen molar-refractivity contribution in [3.63, 3.8) is 0 Å². The van der Waals surface area contributed by atoms with Gasteiger partial charge >= 0.3 is 0 Å². The maximum atomic E-state index is 8.89. The molecule has 0 aliphatic heterocycles. The molecule has 0 spiro atoms. The van der Waals surface area contributed by atoms with Crippen LogP contribution in [-0.2, 0) is 0 Å². The summed E-state index contributed by atoms with van der Waals surface area (Å²) in [5.74, 6) is 0. The molecule has 1 aromatic carbocycles. The summed E-state index contributed by atoms with van der Waals surface area (Å²) >= 11 is 1.53. The maximum Gasteiger partial charge on any atom is 0.0789 e. The van der Waals surface area contributed by atoms with Crippen LogP contribution in [0.25, 0.3) is 0 Å². The molecule has 78 valence electrons. The molecular weight excluding hydrogens is 194 g/mol. The first kappa shape index (κ1) is 11.6. The highest BCUT2D eigenvalue weighted by Crippen LogP contribution is 2.28. The molecule has 0 radical (unpaired) electrons. The number of aliphatic hydroxyl groups excluding tert-OH is 1. The van der Waals surface area contributed by atoms with Gasteiger partial charge in [0, 0.05) is 4.90 Å². The van der Waals surface area contributed by atoms with Gasteiger partial charge in [-0.15, -0.1) is 11.8 Å². The van der Waals surface area contributed by atoms with E-state index in [1.54, 1.807) is 0 Å². The predicted octanol–water partition coefficient (Wildman–Crippen LogP) is 1.98. The van der Waals surface area contributed by atoms with Crippen LogP contribution in [0.15, 0.2) is 17.0 Å². The maximum absolute atomic E-state index is 8.89. The molecule has 0 aromatic heterocycles. The first-order valence-corrected chi connectivity index (χ1v) is 5.53. The van der Waals surface area contributed by atoms with Crippen LogP contribution in [0.1, 0.15) is 16.7 Å². The molecule has 0 amide bonds. The van der Waals surface area contributed by atoms with Crippen LogP contribution in [-0.4, -0.2) is 17.1 Å². The van der Waals surface area contributed by atoms with E-state index < -0.39 is 0 Å². The fourth-order valence-corrected chi connectivity index (χ4v) is 2.41. The summed E-state index contributed by atoms with van der Waals surface area (Å²) in [4.78, 5) is 1.19. The van der Waals surface area contributed by atoms with Gasteiger partial charge in [0.2, 0.25) is 0 Å². The van der Waals surface area contributed by atoms with Crippen molar-refractivity contribution in [1.82, 2.24) is 0 Å². The van der Waals surface area contributed by atoms with Gasteiger partial charge in [-0.1, -0.05) is 17.7 Å². The minimum atomic E-state index is -0.227. The Labute approximate surface area is 89.5 Å².